The zero-order valence-electron chi connectivity index (χ0n) is 15.1. The van der Waals surface area contributed by atoms with Crippen molar-refractivity contribution in [2.24, 2.45) is 0 Å². The van der Waals surface area contributed by atoms with E-state index in [2.05, 4.69) is 33.8 Å². The summed E-state index contributed by atoms with van der Waals surface area (Å²) in [5.41, 5.74) is 3.05. The van der Waals surface area contributed by atoms with Gasteiger partial charge in [-0.05, 0) is 56.1 Å². The van der Waals surface area contributed by atoms with Crippen LogP contribution in [0.15, 0.2) is 48.8 Å². The second-order valence-electron chi connectivity index (χ2n) is 7.06. The molecule has 1 saturated heterocycles. The van der Waals surface area contributed by atoms with Crippen LogP contribution >= 0.6 is 0 Å². The van der Waals surface area contributed by atoms with Crippen LogP contribution in [0.3, 0.4) is 0 Å². The lowest BCUT2D eigenvalue weighted by molar-refractivity contribution is -0.0208. The number of nitrogens with zero attached hydrogens (tertiary/aromatic N) is 1. The summed E-state index contributed by atoms with van der Waals surface area (Å²) in [5.74, 6) is -0.103. The monoisotopic (exact) mass is 351 g/mol. The molecule has 5 heteroatoms. The Bertz CT molecular complexity index is 772. The van der Waals surface area contributed by atoms with Crippen molar-refractivity contribution in [2.75, 3.05) is 19.7 Å². The quantitative estimate of drug-likeness (QED) is 0.889. The van der Waals surface area contributed by atoms with Gasteiger partial charge >= 0.3 is 0 Å². The molecule has 26 heavy (non-hydrogen) atoms. The lowest BCUT2D eigenvalue weighted by Crippen LogP contribution is -2.49. The Hall–Kier alpha value is -2.24. The van der Waals surface area contributed by atoms with Gasteiger partial charge in [-0.15, -0.1) is 0 Å². The first-order valence-corrected chi connectivity index (χ1v) is 9.39. The molecule has 0 radical (unpaired) electrons. The normalized spacial score (nSPS) is 23.6. The van der Waals surface area contributed by atoms with Gasteiger partial charge in [0.1, 0.15) is 0 Å². The average Bonchev–Trinajstić information content (AvgIpc) is 2.93. The van der Waals surface area contributed by atoms with Crippen molar-refractivity contribution in [3.8, 4) is 0 Å². The number of nitrogens with one attached hydrogen (secondary N) is 2. The molecule has 1 aliphatic carbocycles. The molecule has 2 aromatic rings. The minimum atomic E-state index is -0.142. The maximum atomic E-state index is 12.8. The van der Waals surface area contributed by atoms with Gasteiger partial charge in [-0.25, -0.2) is 0 Å². The Morgan fingerprint density at radius 3 is 2.81 bits per heavy atom. The highest BCUT2D eigenvalue weighted by Gasteiger charge is 2.53. The van der Waals surface area contributed by atoms with E-state index in [0.717, 1.165) is 25.9 Å². The molecule has 136 valence electrons. The van der Waals surface area contributed by atoms with Gasteiger partial charge < -0.3 is 15.4 Å². The third kappa shape index (κ3) is 2.81. The number of benzene rings is 1. The number of aromatic nitrogens is 1. The SMILES string of the molecule is CCO[C@H]1[C@H](NC(=O)c2cccnc2)c2ccccc2C12CCNCC2. The van der Waals surface area contributed by atoms with Crippen molar-refractivity contribution < 1.29 is 9.53 Å². The first-order valence-electron chi connectivity index (χ1n) is 9.39. The Morgan fingerprint density at radius 1 is 1.27 bits per heavy atom. The summed E-state index contributed by atoms with van der Waals surface area (Å²) in [6.07, 6.45) is 5.27. The van der Waals surface area contributed by atoms with Crippen LogP contribution in [0.25, 0.3) is 0 Å². The van der Waals surface area contributed by atoms with Gasteiger partial charge in [0.15, 0.2) is 0 Å². The first kappa shape index (κ1) is 17.2. The Labute approximate surface area is 154 Å². The summed E-state index contributed by atoms with van der Waals surface area (Å²) in [6, 6.07) is 11.9. The third-order valence-corrected chi connectivity index (χ3v) is 5.73. The van der Waals surface area contributed by atoms with Gasteiger partial charge in [-0.3, -0.25) is 9.78 Å². The number of fused-ring (bicyclic) bond motifs is 2. The molecule has 1 aromatic carbocycles. The van der Waals surface area contributed by atoms with E-state index in [1.807, 2.05) is 13.0 Å². The second kappa shape index (κ2) is 7.17. The second-order valence-corrected chi connectivity index (χ2v) is 7.06. The van der Waals surface area contributed by atoms with Crippen molar-refractivity contribution >= 4 is 5.91 Å². The zero-order valence-corrected chi connectivity index (χ0v) is 15.1. The van der Waals surface area contributed by atoms with Crippen LogP contribution in [0.5, 0.6) is 0 Å². The fraction of sp³-hybridized carbons (Fsp3) is 0.429. The molecule has 0 unspecified atom stereocenters. The number of hydrogen-bond acceptors (Lipinski definition) is 4. The molecule has 2 aliphatic rings. The van der Waals surface area contributed by atoms with E-state index < -0.39 is 0 Å². The number of rotatable bonds is 4. The van der Waals surface area contributed by atoms with Crippen LogP contribution in [-0.4, -0.2) is 36.7 Å². The molecule has 5 nitrogen and oxygen atoms in total. The minimum Gasteiger partial charge on any atom is -0.375 e. The number of pyridine rings is 1. The Balaban J connectivity index is 1.71. The van der Waals surface area contributed by atoms with Crippen LogP contribution in [0.4, 0.5) is 0 Å². The number of ether oxygens (including phenoxy) is 1. The Morgan fingerprint density at radius 2 is 2.08 bits per heavy atom. The number of hydrogen-bond donors (Lipinski definition) is 2. The highest BCUT2D eigenvalue weighted by molar-refractivity contribution is 5.94. The van der Waals surface area contributed by atoms with Crippen molar-refractivity contribution in [2.45, 2.75) is 37.3 Å². The summed E-state index contributed by atoms with van der Waals surface area (Å²) in [5, 5.41) is 6.69. The first-order chi connectivity index (χ1) is 12.8. The molecule has 0 bridgehead atoms. The molecule has 0 saturated carbocycles. The number of carbonyl (C=O) groups is 1. The summed E-state index contributed by atoms with van der Waals surface area (Å²) in [6.45, 7) is 4.60. The lowest BCUT2D eigenvalue weighted by Gasteiger charge is -2.41. The van der Waals surface area contributed by atoms with Crippen LogP contribution in [0.1, 0.15) is 47.3 Å². The maximum absolute atomic E-state index is 12.8. The lowest BCUT2D eigenvalue weighted by atomic mass is 9.72. The highest BCUT2D eigenvalue weighted by atomic mass is 16.5. The van der Waals surface area contributed by atoms with E-state index >= 15 is 0 Å². The predicted octanol–water partition coefficient (Wildman–Crippen LogP) is 2.59. The predicted molar refractivity (Wildman–Crippen MR) is 100 cm³/mol. The molecule has 1 aromatic heterocycles. The Kier molecular flexibility index (Phi) is 4.74. The fourth-order valence-electron chi connectivity index (χ4n) is 4.59. The van der Waals surface area contributed by atoms with Crippen molar-refractivity contribution in [1.82, 2.24) is 15.6 Å². The summed E-state index contributed by atoms with van der Waals surface area (Å²) >= 11 is 0. The largest absolute Gasteiger partial charge is 0.375 e. The number of piperidine rings is 1. The van der Waals surface area contributed by atoms with Gasteiger partial charge in [-0.2, -0.15) is 0 Å². The summed E-state index contributed by atoms with van der Waals surface area (Å²) < 4.78 is 6.27. The maximum Gasteiger partial charge on any atom is 0.253 e. The van der Waals surface area contributed by atoms with Crippen molar-refractivity contribution in [3.63, 3.8) is 0 Å². The third-order valence-electron chi connectivity index (χ3n) is 5.73. The smallest absolute Gasteiger partial charge is 0.253 e. The molecule has 4 rings (SSSR count). The molecule has 2 atom stereocenters. The molecule has 1 spiro atoms. The fourth-order valence-corrected chi connectivity index (χ4v) is 4.59. The van der Waals surface area contributed by atoms with Crippen molar-refractivity contribution in [3.05, 3.63) is 65.5 Å². The van der Waals surface area contributed by atoms with Gasteiger partial charge in [0.2, 0.25) is 0 Å². The zero-order chi connectivity index (χ0) is 18.0. The van der Waals surface area contributed by atoms with E-state index in [0.29, 0.717) is 12.2 Å². The van der Waals surface area contributed by atoms with Crippen molar-refractivity contribution in [1.29, 1.82) is 0 Å². The highest BCUT2D eigenvalue weighted by Crippen LogP contribution is 2.51. The van der Waals surface area contributed by atoms with Gasteiger partial charge in [0, 0.05) is 24.4 Å². The van der Waals surface area contributed by atoms with Gasteiger partial charge in [-0.1, -0.05) is 24.3 Å². The van der Waals surface area contributed by atoms with E-state index in [-0.39, 0.29) is 23.5 Å². The number of amides is 1. The van der Waals surface area contributed by atoms with Gasteiger partial charge in [0.05, 0.1) is 17.7 Å². The van der Waals surface area contributed by atoms with Crippen LogP contribution < -0.4 is 10.6 Å². The van der Waals surface area contributed by atoms with Crippen LogP contribution in [-0.2, 0) is 10.2 Å². The van der Waals surface area contributed by atoms with E-state index in [1.54, 1.807) is 24.5 Å². The molecule has 1 fully saturated rings. The molecule has 1 amide bonds. The van der Waals surface area contributed by atoms with E-state index in [4.69, 9.17) is 4.74 Å². The topological polar surface area (TPSA) is 63.2 Å². The van der Waals surface area contributed by atoms with Crippen LogP contribution in [0.2, 0.25) is 0 Å². The van der Waals surface area contributed by atoms with Crippen LogP contribution in [0, 0.1) is 0 Å². The molecule has 2 N–H and O–H groups in total. The van der Waals surface area contributed by atoms with Gasteiger partial charge in [0.25, 0.3) is 5.91 Å². The minimum absolute atomic E-state index is 0.0370. The summed E-state index contributed by atoms with van der Waals surface area (Å²) in [4.78, 5) is 16.9. The summed E-state index contributed by atoms with van der Waals surface area (Å²) in [7, 11) is 0. The van der Waals surface area contributed by atoms with E-state index in [1.165, 1.54) is 11.1 Å². The number of carbonyl (C=O) groups excluding carboxylic acids is 1. The van der Waals surface area contributed by atoms with E-state index in [9.17, 15) is 4.79 Å². The molecule has 2 heterocycles. The average molecular weight is 351 g/mol. The molecular weight excluding hydrogens is 326 g/mol. The standard InChI is InChI=1S/C21H25N3O2/c1-2-26-19-18(24-20(25)15-6-5-11-23-14-15)16-7-3-4-8-17(16)21(19)9-12-22-13-10-21/h3-8,11,14,18-19,22H,2,9-10,12-13H2,1H3,(H,24,25)/t18-,19+/m1/s1. The molecular formula is C21H25N3O2. The molecule has 1 aliphatic heterocycles.